The fraction of sp³-hybridized carbons (Fsp3) is 0.429. The Morgan fingerprint density at radius 3 is 2.33 bits per heavy atom. The summed E-state index contributed by atoms with van der Waals surface area (Å²) in [7, 11) is 4.78. The number of carbonyl (C=O) groups excluding carboxylic acids is 2. The van der Waals surface area contributed by atoms with Crippen molar-refractivity contribution in [2.75, 3.05) is 52.8 Å². The van der Waals surface area contributed by atoms with Crippen LogP contribution < -0.4 is 10.1 Å². The summed E-state index contributed by atoms with van der Waals surface area (Å²) >= 11 is 1.76. The van der Waals surface area contributed by atoms with Crippen LogP contribution >= 0.6 is 22.6 Å². The summed E-state index contributed by atoms with van der Waals surface area (Å²) in [5.41, 5.74) is -6.97. The van der Waals surface area contributed by atoms with E-state index in [1.54, 1.807) is 36.7 Å². The number of methoxy groups -OCH3 is 1. The van der Waals surface area contributed by atoms with E-state index in [0.717, 1.165) is 11.1 Å². The molecule has 2 aliphatic rings. The number of nitrogens with one attached hydrogen (secondary N) is 1. The average molecular weight is 899 g/mol. The molecule has 2 aromatic carbocycles. The normalized spacial score (nSPS) is 16.5. The molecular weight excluding hydrogens is 863 g/mol. The summed E-state index contributed by atoms with van der Waals surface area (Å²) in [6.07, 6.45) is -7.92. The molecule has 1 spiro atoms. The van der Waals surface area contributed by atoms with E-state index in [1.807, 2.05) is 4.90 Å². The highest BCUT2D eigenvalue weighted by Crippen LogP contribution is 2.45. The van der Waals surface area contributed by atoms with E-state index in [1.165, 1.54) is 18.1 Å². The summed E-state index contributed by atoms with van der Waals surface area (Å²) in [6.45, 7) is 0.808. The minimum atomic E-state index is -4.99. The number of carbonyl (C=O) groups is 2. The topological polar surface area (TPSA) is 120 Å². The molecule has 2 heterocycles. The number of likely N-dealkylation sites (N-methyl/N-ethyl adjacent to an activating group) is 2. The van der Waals surface area contributed by atoms with Gasteiger partial charge in [0.2, 0.25) is 5.82 Å². The first-order valence-corrected chi connectivity index (χ1v) is 17.8. The number of alkyl halides is 6. The van der Waals surface area contributed by atoms with Gasteiger partial charge in [0.25, 0.3) is 11.8 Å². The number of hydrazine groups is 1. The molecular formula is C35H35F8IN6O5. The van der Waals surface area contributed by atoms with Crippen LogP contribution in [0.25, 0.3) is 11.3 Å². The molecule has 0 saturated heterocycles. The highest BCUT2D eigenvalue weighted by atomic mass is 127. The van der Waals surface area contributed by atoms with Gasteiger partial charge >= 0.3 is 12.4 Å². The van der Waals surface area contributed by atoms with Gasteiger partial charge < -0.3 is 24.8 Å². The van der Waals surface area contributed by atoms with Crippen LogP contribution in [0.3, 0.4) is 0 Å². The van der Waals surface area contributed by atoms with Crippen LogP contribution in [0.4, 0.5) is 40.8 Å². The van der Waals surface area contributed by atoms with Crippen LogP contribution in [0.15, 0.2) is 48.0 Å². The fourth-order valence-corrected chi connectivity index (χ4v) is 7.24. The highest BCUT2D eigenvalue weighted by Gasteiger charge is 2.53. The summed E-state index contributed by atoms with van der Waals surface area (Å²) in [6, 6.07) is 3.47. The maximum absolute atomic E-state index is 15.7. The first-order valence-electron chi connectivity index (χ1n) is 16.7. The van der Waals surface area contributed by atoms with Crippen LogP contribution in [0.2, 0.25) is 0 Å². The van der Waals surface area contributed by atoms with Crippen molar-refractivity contribution >= 4 is 40.1 Å². The summed E-state index contributed by atoms with van der Waals surface area (Å²) in [5.74, 6) is -6.14. The summed E-state index contributed by atoms with van der Waals surface area (Å²) < 4.78 is 124. The zero-order valence-corrected chi connectivity index (χ0v) is 31.7. The van der Waals surface area contributed by atoms with Gasteiger partial charge in [-0.3, -0.25) is 14.6 Å². The number of anilines is 1. The molecule has 20 heteroatoms. The van der Waals surface area contributed by atoms with Gasteiger partial charge in [-0.2, -0.15) is 30.7 Å². The lowest BCUT2D eigenvalue weighted by Crippen LogP contribution is -2.62. The molecule has 298 valence electrons. The minimum Gasteiger partial charge on any atom is -0.509 e. The number of ether oxygens (including phenoxy) is 2. The number of nitrogens with zero attached hydrogens (tertiary/aromatic N) is 5. The second-order valence-corrected chi connectivity index (χ2v) is 14.1. The first kappa shape index (κ1) is 42.0. The number of halogens is 9. The molecule has 1 aromatic heterocycles. The Kier molecular flexibility index (Phi) is 12.6. The number of aliphatic hydroxyl groups excluding tert-OH is 1. The second-order valence-electron chi connectivity index (χ2n) is 13.0. The van der Waals surface area contributed by atoms with E-state index in [9.17, 15) is 41.0 Å². The predicted octanol–water partition coefficient (Wildman–Crippen LogP) is 6.97. The number of rotatable bonds is 12. The van der Waals surface area contributed by atoms with Crippen molar-refractivity contribution in [2.24, 2.45) is 0 Å². The monoisotopic (exact) mass is 898 g/mol. The number of benzene rings is 2. The molecule has 1 saturated carbocycles. The molecule has 2 amide bonds. The van der Waals surface area contributed by atoms with E-state index in [2.05, 4.69) is 15.3 Å². The van der Waals surface area contributed by atoms with Crippen molar-refractivity contribution in [1.82, 2.24) is 24.9 Å². The smallest absolute Gasteiger partial charge is 0.433 e. The van der Waals surface area contributed by atoms with Gasteiger partial charge in [-0.15, -0.1) is 0 Å². The van der Waals surface area contributed by atoms with E-state index in [0.29, 0.717) is 57.1 Å². The van der Waals surface area contributed by atoms with Crippen molar-refractivity contribution in [2.45, 2.75) is 50.1 Å². The van der Waals surface area contributed by atoms with Gasteiger partial charge in [-0.05, 0) is 72.8 Å². The standard InChI is InChI=1S/C35H35F8IN6O5/c1-48(10-12-54-3)11-13-55-29-22(44)14-19(27(36)28(29)37)17-50-32(53)26(30(51)33(49(50)2)8-4-5-9-33)31(52)47-23-7-6-20(34(38,39)40)15-21(23)24-16-25(35(41,42)43)46-18-45-24/h6-7,14-16,18,51H,4-5,8-13,17H2,1-3H3,(H,47,52). The van der Waals surface area contributed by atoms with Gasteiger partial charge in [0.05, 0.1) is 39.2 Å². The third kappa shape index (κ3) is 8.81. The van der Waals surface area contributed by atoms with Crippen LogP contribution in [0.5, 0.6) is 5.75 Å². The van der Waals surface area contributed by atoms with Gasteiger partial charge in [-0.25, -0.2) is 19.4 Å². The maximum atomic E-state index is 15.7. The second kappa shape index (κ2) is 16.5. The zero-order chi connectivity index (χ0) is 40.5. The number of amides is 2. The Bertz CT molecular complexity index is 1970. The Balaban J connectivity index is 1.49. The molecule has 0 radical (unpaired) electrons. The highest BCUT2D eigenvalue weighted by molar-refractivity contribution is 14.1. The van der Waals surface area contributed by atoms with Crippen LogP contribution in [0.1, 0.15) is 42.5 Å². The molecule has 55 heavy (non-hydrogen) atoms. The molecule has 3 aromatic rings. The van der Waals surface area contributed by atoms with Crippen LogP contribution in [-0.4, -0.2) is 94.9 Å². The lowest BCUT2D eigenvalue weighted by molar-refractivity contribution is -0.163. The van der Waals surface area contributed by atoms with E-state index < -0.39 is 87.4 Å². The molecule has 11 nitrogen and oxygen atoms in total. The van der Waals surface area contributed by atoms with Gasteiger partial charge in [0.15, 0.2) is 11.6 Å². The Hall–Kier alpha value is -4.15. The van der Waals surface area contributed by atoms with Gasteiger partial charge in [0.1, 0.15) is 30.0 Å². The zero-order valence-electron chi connectivity index (χ0n) is 29.5. The lowest BCUT2D eigenvalue weighted by atomic mass is 9.88. The number of aromatic nitrogens is 2. The molecule has 5 rings (SSSR count). The summed E-state index contributed by atoms with van der Waals surface area (Å²) in [5, 5.41) is 16.1. The van der Waals surface area contributed by atoms with Gasteiger partial charge in [-0.1, -0.05) is 12.8 Å². The predicted molar refractivity (Wildman–Crippen MR) is 189 cm³/mol. The van der Waals surface area contributed by atoms with E-state index >= 15 is 8.78 Å². The number of aliphatic hydroxyl groups is 1. The third-order valence-corrected chi connectivity index (χ3v) is 10.3. The molecule has 2 N–H and O–H groups in total. The van der Waals surface area contributed by atoms with Crippen LogP contribution in [-0.2, 0) is 33.2 Å². The quantitative estimate of drug-likeness (QED) is 0.0860. The van der Waals surface area contributed by atoms with Gasteiger partial charge in [0, 0.05) is 38.4 Å². The molecule has 0 unspecified atom stereocenters. The van der Waals surface area contributed by atoms with E-state index in [-0.39, 0.29) is 34.3 Å². The SMILES string of the molecule is COCCN(C)CCOc1c(I)cc(CN2C(=O)C(C(=O)Nc3ccc(C(F)(F)F)cc3-c3cc(C(F)(F)F)ncn3)=C(O)C3(CCCC3)N2C)c(F)c1F. The molecule has 1 aliphatic heterocycles. The third-order valence-electron chi connectivity index (χ3n) is 9.50. The molecule has 1 aliphatic carbocycles. The molecule has 1 fully saturated rings. The van der Waals surface area contributed by atoms with E-state index in [4.69, 9.17) is 9.47 Å². The van der Waals surface area contributed by atoms with Crippen molar-refractivity contribution in [3.63, 3.8) is 0 Å². The van der Waals surface area contributed by atoms with Crippen molar-refractivity contribution in [3.05, 3.63) is 80.0 Å². The summed E-state index contributed by atoms with van der Waals surface area (Å²) in [4.78, 5) is 36.7. The Morgan fingerprint density at radius 2 is 1.69 bits per heavy atom. The maximum Gasteiger partial charge on any atom is 0.433 e. The lowest BCUT2D eigenvalue weighted by Gasteiger charge is -2.48. The van der Waals surface area contributed by atoms with Crippen molar-refractivity contribution in [3.8, 4) is 17.0 Å². The Labute approximate surface area is 323 Å². The minimum absolute atomic E-state index is 0.0195. The molecule has 0 bridgehead atoms. The Morgan fingerprint density at radius 1 is 1.02 bits per heavy atom. The number of hydrogen-bond donors (Lipinski definition) is 2. The number of hydrogen-bond acceptors (Lipinski definition) is 9. The average Bonchev–Trinajstić information content (AvgIpc) is 3.63. The largest absolute Gasteiger partial charge is 0.509 e. The first-order chi connectivity index (χ1) is 25.8. The van der Waals surface area contributed by atoms with Crippen molar-refractivity contribution < 1.29 is 59.3 Å². The van der Waals surface area contributed by atoms with Crippen LogP contribution in [0, 0.1) is 15.2 Å². The molecule has 0 atom stereocenters. The van der Waals surface area contributed by atoms with Crippen molar-refractivity contribution in [1.29, 1.82) is 0 Å². The fourth-order valence-electron chi connectivity index (χ4n) is 6.47.